The molecule has 0 aromatic heterocycles. The standard InChI is InChI=1S/C27H30N2O4/c1-20-4-9-25(10-5-20)33-19-22-18-21(6-13-26(22)32-3)27(30)29-16-14-28(15-17-29)23-7-11-24(31-2)12-8-23/h4-13,18H,14-17,19H2,1-3H3. The molecular formula is C27H30N2O4. The number of anilines is 1. The molecule has 6 nitrogen and oxygen atoms in total. The molecule has 3 aromatic carbocycles. The maximum Gasteiger partial charge on any atom is 0.253 e. The Morgan fingerprint density at radius 2 is 1.48 bits per heavy atom. The lowest BCUT2D eigenvalue weighted by Crippen LogP contribution is -2.48. The molecule has 1 fully saturated rings. The molecule has 0 saturated carbocycles. The van der Waals surface area contributed by atoms with E-state index in [1.165, 1.54) is 5.56 Å². The van der Waals surface area contributed by atoms with Gasteiger partial charge in [0.1, 0.15) is 23.9 Å². The van der Waals surface area contributed by atoms with Gasteiger partial charge in [0.15, 0.2) is 0 Å². The molecule has 1 saturated heterocycles. The average Bonchev–Trinajstić information content (AvgIpc) is 2.88. The molecule has 0 N–H and O–H groups in total. The number of amides is 1. The predicted molar refractivity (Wildman–Crippen MR) is 130 cm³/mol. The topological polar surface area (TPSA) is 51.2 Å². The molecule has 3 aromatic rings. The number of carbonyl (C=O) groups excluding carboxylic acids is 1. The zero-order chi connectivity index (χ0) is 23.2. The first-order valence-corrected chi connectivity index (χ1v) is 11.1. The molecule has 172 valence electrons. The van der Waals surface area contributed by atoms with Gasteiger partial charge in [-0.1, -0.05) is 17.7 Å². The fourth-order valence-corrected chi connectivity index (χ4v) is 3.96. The van der Waals surface area contributed by atoms with Crippen LogP contribution in [0.3, 0.4) is 0 Å². The Morgan fingerprint density at radius 3 is 2.12 bits per heavy atom. The molecule has 0 radical (unpaired) electrons. The minimum Gasteiger partial charge on any atom is -0.497 e. The number of piperazine rings is 1. The SMILES string of the molecule is COc1ccc(N2CCN(C(=O)c3ccc(OC)c(COc4ccc(C)cc4)c3)CC2)cc1. The van der Waals surface area contributed by atoms with Crippen LogP contribution in [-0.2, 0) is 6.61 Å². The average molecular weight is 447 g/mol. The number of hydrogen-bond acceptors (Lipinski definition) is 5. The number of hydrogen-bond donors (Lipinski definition) is 0. The smallest absolute Gasteiger partial charge is 0.253 e. The second kappa shape index (κ2) is 10.3. The molecule has 6 heteroatoms. The van der Waals surface area contributed by atoms with E-state index in [9.17, 15) is 4.79 Å². The van der Waals surface area contributed by atoms with Crippen LogP contribution in [0.2, 0.25) is 0 Å². The monoisotopic (exact) mass is 446 g/mol. The van der Waals surface area contributed by atoms with Gasteiger partial charge in [0.25, 0.3) is 5.91 Å². The lowest BCUT2D eigenvalue weighted by molar-refractivity contribution is 0.0746. The van der Waals surface area contributed by atoms with Crippen molar-refractivity contribution in [3.05, 3.63) is 83.4 Å². The van der Waals surface area contributed by atoms with E-state index in [2.05, 4.69) is 17.0 Å². The van der Waals surface area contributed by atoms with Crippen molar-refractivity contribution in [2.45, 2.75) is 13.5 Å². The summed E-state index contributed by atoms with van der Waals surface area (Å²) < 4.78 is 16.7. The lowest BCUT2D eigenvalue weighted by Gasteiger charge is -2.36. The summed E-state index contributed by atoms with van der Waals surface area (Å²) in [6.07, 6.45) is 0. The number of carbonyl (C=O) groups is 1. The molecular weight excluding hydrogens is 416 g/mol. The van der Waals surface area contributed by atoms with E-state index in [1.807, 2.05) is 66.4 Å². The molecule has 1 aliphatic heterocycles. The Hall–Kier alpha value is -3.67. The van der Waals surface area contributed by atoms with Gasteiger partial charge in [-0.25, -0.2) is 0 Å². The second-order valence-electron chi connectivity index (χ2n) is 8.11. The van der Waals surface area contributed by atoms with Gasteiger partial charge in [-0.05, 0) is 61.5 Å². The van der Waals surface area contributed by atoms with Crippen molar-refractivity contribution in [2.75, 3.05) is 45.3 Å². The highest BCUT2D eigenvalue weighted by atomic mass is 16.5. The zero-order valence-corrected chi connectivity index (χ0v) is 19.4. The van der Waals surface area contributed by atoms with E-state index in [0.29, 0.717) is 31.0 Å². The molecule has 0 bridgehead atoms. The van der Waals surface area contributed by atoms with Crippen molar-refractivity contribution in [1.29, 1.82) is 0 Å². The van der Waals surface area contributed by atoms with Gasteiger partial charge in [0.2, 0.25) is 0 Å². The number of nitrogens with zero attached hydrogens (tertiary/aromatic N) is 2. The molecule has 1 heterocycles. The van der Waals surface area contributed by atoms with Gasteiger partial charge < -0.3 is 24.0 Å². The molecule has 4 rings (SSSR count). The van der Waals surface area contributed by atoms with E-state index in [1.54, 1.807) is 14.2 Å². The highest BCUT2D eigenvalue weighted by molar-refractivity contribution is 5.94. The summed E-state index contributed by atoms with van der Waals surface area (Å²) in [5, 5.41) is 0. The minimum atomic E-state index is 0.0311. The van der Waals surface area contributed by atoms with E-state index in [-0.39, 0.29) is 5.91 Å². The molecule has 0 spiro atoms. The van der Waals surface area contributed by atoms with Crippen LogP contribution in [0, 0.1) is 6.92 Å². The summed E-state index contributed by atoms with van der Waals surface area (Å²) >= 11 is 0. The van der Waals surface area contributed by atoms with Gasteiger partial charge in [0.05, 0.1) is 14.2 Å². The van der Waals surface area contributed by atoms with Crippen molar-refractivity contribution >= 4 is 11.6 Å². The van der Waals surface area contributed by atoms with Crippen LogP contribution in [0.15, 0.2) is 66.7 Å². The molecule has 1 amide bonds. The van der Waals surface area contributed by atoms with E-state index < -0.39 is 0 Å². The van der Waals surface area contributed by atoms with Crippen LogP contribution in [-0.4, -0.2) is 51.2 Å². The third kappa shape index (κ3) is 5.40. The highest BCUT2D eigenvalue weighted by Gasteiger charge is 2.23. The van der Waals surface area contributed by atoms with Gasteiger partial charge in [-0.15, -0.1) is 0 Å². The fourth-order valence-electron chi connectivity index (χ4n) is 3.96. The maximum absolute atomic E-state index is 13.2. The summed E-state index contributed by atoms with van der Waals surface area (Å²) in [5.74, 6) is 2.37. The van der Waals surface area contributed by atoms with Crippen molar-refractivity contribution in [3.63, 3.8) is 0 Å². The maximum atomic E-state index is 13.2. The van der Waals surface area contributed by atoms with Crippen molar-refractivity contribution < 1.29 is 19.0 Å². The molecule has 1 aliphatic rings. The number of ether oxygens (including phenoxy) is 3. The van der Waals surface area contributed by atoms with E-state index in [0.717, 1.165) is 35.8 Å². The molecule has 33 heavy (non-hydrogen) atoms. The van der Waals surface area contributed by atoms with Gasteiger partial charge in [-0.3, -0.25) is 4.79 Å². The van der Waals surface area contributed by atoms with Crippen LogP contribution < -0.4 is 19.1 Å². The largest absolute Gasteiger partial charge is 0.497 e. The van der Waals surface area contributed by atoms with Gasteiger partial charge >= 0.3 is 0 Å². The first kappa shape index (κ1) is 22.5. The van der Waals surface area contributed by atoms with Crippen LogP contribution in [0.25, 0.3) is 0 Å². The van der Waals surface area contributed by atoms with Crippen LogP contribution in [0.5, 0.6) is 17.2 Å². The van der Waals surface area contributed by atoms with E-state index >= 15 is 0 Å². The number of benzene rings is 3. The fraction of sp³-hybridized carbons (Fsp3) is 0.296. The Morgan fingerprint density at radius 1 is 0.818 bits per heavy atom. The summed E-state index contributed by atoms with van der Waals surface area (Å²) in [6.45, 7) is 5.30. The van der Waals surface area contributed by atoms with Crippen LogP contribution in [0.4, 0.5) is 5.69 Å². The summed E-state index contributed by atoms with van der Waals surface area (Å²) in [4.78, 5) is 17.4. The molecule has 0 aliphatic carbocycles. The Balaban J connectivity index is 1.40. The number of methoxy groups -OCH3 is 2. The van der Waals surface area contributed by atoms with Gasteiger partial charge in [-0.2, -0.15) is 0 Å². The quantitative estimate of drug-likeness (QED) is 0.533. The zero-order valence-electron chi connectivity index (χ0n) is 19.4. The minimum absolute atomic E-state index is 0.0311. The summed E-state index contributed by atoms with van der Waals surface area (Å²) in [6, 6.07) is 21.5. The third-order valence-electron chi connectivity index (χ3n) is 5.95. The Kier molecular flexibility index (Phi) is 7.03. The van der Waals surface area contributed by atoms with E-state index in [4.69, 9.17) is 14.2 Å². The molecule has 0 atom stereocenters. The van der Waals surface area contributed by atoms with Gasteiger partial charge in [0, 0.05) is 43.0 Å². The Labute approximate surface area is 195 Å². The van der Waals surface area contributed by atoms with Crippen molar-refractivity contribution in [1.82, 2.24) is 4.90 Å². The van der Waals surface area contributed by atoms with Crippen LogP contribution in [0.1, 0.15) is 21.5 Å². The lowest BCUT2D eigenvalue weighted by atomic mass is 10.1. The number of rotatable bonds is 7. The second-order valence-corrected chi connectivity index (χ2v) is 8.11. The first-order valence-electron chi connectivity index (χ1n) is 11.1. The molecule has 0 unspecified atom stereocenters. The predicted octanol–water partition coefficient (Wildman–Crippen LogP) is 4.55. The van der Waals surface area contributed by atoms with Crippen molar-refractivity contribution in [2.24, 2.45) is 0 Å². The first-order chi connectivity index (χ1) is 16.1. The highest BCUT2D eigenvalue weighted by Crippen LogP contribution is 2.25. The number of aryl methyl sites for hydroxylation is 1. The normalized spacial score (nSPS) is 13.5. The summed E-state index contributed by atoms with van der Waals surface area (Å²) in [7, 11) is 3.29. The third-order valence-corrected chi connectivity index (χ3v) is 5.95. The van der Waals surface area contributed by atoms with Crippen molar-refractivity contribution in [3.8, 4) is 17.2 Å². The summed E-state index contributed by atoms with van der Waals surface area (Å²) in [5.41, 5.74) is 3.82. The van der Waals surface area contributed by atoms with Crippen LogP contribution >= 0.6 is 0 Å². The Bertz CT molecular complexity index is 1070.